The van der Waals surface area contributed by atoms with Crippen LogP contribution in [0.25, 0.3) is 0 Å². The molecule has 0 spiro atoms. The van der Waals surface area contributed by atoms with Crippen molar-refractivity contribution in [3.63, 3.8) is 0 Å². The molecule has 0 saturated heterocycles. The normalized spacial score (nSPS) is 14.4. The Kier molecular flexibility index (Phi) is 32.1. The minimum absolute atomic E-state index is 0.0919. The van der Waals surface area contributed by atoms with Gasteiger partial charge in [0.05, 0.1) is 25.4 Å². The predicted octanol–water partition coefficient (Wildman–Crippen LogP) is 9.50. The van der Waals surface area contributed by atoms with Crippen LogP contribution in [-0.2, 0) is 18.4 Å². The number of rotatable bonds is 35. The number of unbranched alkanes of at least 4 members (excludes halogenated alkanes) is 23. The fourth-order valence-electron chi connectivity index (χ4n) is 5.61. The van der Waals surface area contributed by atoms with Gasteiger partial charge in [-0.2, -0.15) is 0 Å². The van der Waals surface area contributed by atoms with Crippen LogP contribution >= 0.6 is 7.82 Å². The highest BCUT2D eigenvalue weighted by Gasteiger charge is 2.27. The van der Waals surface area contributed by atoms with E-state index in [9.17, 15) is 19.4 Å². The van der Waals surface area contributed by atoms with E-state index in [1.165, 1.54) is 122 Å². The lowest BCUT2D eigenvalue weighted by molar-refractivity contribution is -0.123. The highest BCUT2D eigenvalue weighted by molar-refractivity contribution is 7.47. The summed E-state index contributed by atoms with van der Waals surface area (Å²) in [5, 5.41) is 13.7. The number of aliphatic hydroxyl groups is 1. The Labute approximate surface area is 272 Å². The smallest absolute Gasteiger partial charge is 0.391 e. The van der Waals surface area contributed by atoms with Crippen molar-refractivity contribution < 1.29 is 28.4 Å². The molecular weight excluding hydrogens is 575 g/mol. The first-order chi connectivity index (χ1) is 21.4. The van der Waals surface area contributed by atoms with Gasteiger partial charge < -0.3 is 21.1 Å². The third-order valence-corrected chi connectivity index (χ3v) is 9.45. The molecule has 0 fully saturated rings. The van der Waals surface area contributed by atoms with Crippen LogP contribution in [0.3, 0.4) is 0 Å². The number of amides is 1. The maximum atomic E-state index is 12.7. The van der Waals surface area contributed by atoms with Gasteiger partial charge in [-0.3, -0.25) is 13.8 Å². The second kappa shape index (κ2) is 32.4. The van der Waals surface area contributed by atoms with Crippen LogP contribution in [0.1, 0.15) is 187 Å². The summed E-state index contributed by atoms with van der Waals surface area (Å²) < 4.78 is 22.0. The predicted molar refractivity (Wildman–Crippen MR) is 185 cm³/mol. The van der Waals surface area contributed by atoms with Crippen LogP contribution in [-0.4, -0.2) is 47.8 Å². The van der Waals surface area contributed by atoms with E-state index < -0.39 is 20.0 Å². The van der Waals surface area contributed by atoms with E-state index in [1.807, 2.05) is 0 Å². The third kappa shape index (κ3) is 30.2. The summed E-state index contributed by atoms with van der Waals surface area (Å²) in [6.07, 6.45) is 31.1. The molecule has 264 valence electrons. The fraction of sp³-hybridized carbons (Fsp3) is 0.971. The third-order valence-electron chi connectivity index (χ3n) is 8.46. The van der Waals surface area contributed by atoms with Gasteiger partial charge >= 0.3 is 7.82 Å². The monoisotopic (exact) mass is 649 g/mol. The summed E-state index contributed by atoms with van der Waals surface area (Å²) >= 11 is 0. The topological polar surface area (TPSA) is 131 Å². The average molecular weight is 649 g/mol. The summed E-state index contributed by atoms with van der Waals surface area (Å²) in [5.41, 5.74) is 5.35. The molecule has 0 radical (unpaired) electrons. The van der Waals surface area contributed by atoms with Gasteiger partial charge in [-0.1, -0.05) is 168 Å². The first kappa shape index (κ1) is 43.5. The Morgan fingerprint density at radius 1 is 0.659 bits per heavy atom. The first-order valence-electron chi connectivity index (χ1n) is 18.7. The minimum atomic E-state index is -4.30. The van der Waals surface area contributed by atoms with Crippen molar-refractivity contribution in [2.75, 3.05) is 19.8 Å². The molecular formula is C35H73N2O6P. The van der Waals surface area contributed by atoms with Crippen LogP contribution in [0.2, 0.25) is 0 Å². The Morgan fingerprint density at radius 2 is 1.05 bits per heavy atom. The lowest BCUT2D eigenvalue weighted by Crippen LogP contribution is -2.46. The van der Waals surface area contributed by atoms with Crippen LogP contribution < -0.4 is 11.1 Å². The number of aliphatic hydroxyl groups excluding tert-OH is 1. The van der Waals surface area contributed by atoms with E-state index in [0.29, 0.717) is 12.8 Å². The molecule has 0 aliphatic heterocycles. The summed E-state index contributed by atoms with van der Waals surface area (Å²) in [6.45, 7) is 4.19. The summed E-state index contributed by atoms with van der Waals surface area (Å²) in [4.78, 5) is 22.5. The summed E-state index contributed by atoms with van der Waals surface area (Å²) in [7, 11) is -4.30. The molecule has 0 aliphatic carbocycles. The van der Waals surface area contributed by atoms with Crippen molar-refractivity contribution in [2.24, 2.45) is 5.73 Å². The second-order valence-corrected chi connectivity index (χ2v) is 14.3. The van der Waals surface area contributed by atoms with Crippen LogP contribution in [0, 0.1) is 0 Å². The molecule has 3 atom stereocenters. The van der Waals surface area contributed by atoms with E-state index in [1.54, 1.807) is 0 Å². The first-order valence-corrected chi connectivity index (χ1v) is 20.1. The maximum Gasteiger partial charge on any atom is 0.472 e. The molecule has 0 aromatic rings. The van der Waals surface area contributed by atoms with Crippen molar-refractivity contribution in [2.45, 2.75) is 199 Å². The highest BCUT2D eigenvalue weighted by Crippen LogP contribution is 2.43. The standard InChI is InChI=1S/C35H73N2O6P/c1-3-5-7-9-11-13-14-15-16-17-18-19-21-23-25-27-29-35(39)37-33(32-43-44(40,41)42-31-30-36)34(38)28-26-24-22-20-12-10-8-6-4-2/h33-34,38H,3-32,36H2,1-2H3,(H,37,39)(H,40,41). The van der Waals surface area contributed by atoms with E-state index in [0.717, 1.165) is 38.5 Å². The Morgan fingerprint density at radius 3 is 1.45 bits per heavy atom. The number of carbonyl (C=O) groups is 1. The van der Waals surface area contributed by atoms with Gasteiger partial charge in [0.2, 0.25) is 5.91 Å². The number of hydrogen-bond donors (Lipinski definition) is 4. The maximum absolute atomic E-state index is 12.7. The van der Waals surface area contributed by atoms with E-state index in [-0.39, 0.29) is 25.7 Å². The Bertz CT molecular complexity index is 669. The van der Waals surface area contributed by atoms with E-state index >= 15 is 0 Å². The molecule has 9 heteroatoms. The number of carbonyl (C=O) groups excluding carboxylic acids is 1. The number of phosphoric acid groups is 1. The molecule has 0 saturated carbocycles. The zero-order chi connectivity index (χ0) is 32.6. The van der Waals surface area contributed by atoms with Crippen molar-refractivity contribution in [3.05, 3.63) is 0 Å². The fourth-order valence-corrected chi connectivity index (χ4v) is 6.37. The molecule has 3 unspecified atom stereocenters. The molecule has 1 amide bonds. The largest absolute Gasteiger partial charge is 0.472 e. The molecule has 0 bridgehead atoms. The molecule has 8 nitrogen and oxygen atoms in total. The van der Waals surface area contributed by atoms with Crippen LogP contribution in [0.5, 0.6) is 0 Å². The molecule has 0 aromatic heterocycles. The Hall–Kier alpha value is -0.500. The molecule has 0 aromatic carbocycles. The van der Waals surface area contributed by atoms with Gasteiger partial charge in [0.25, 0.3) is 0 Å². The zero-order valence-electron chi connectivity index (χ0n) is 28.9. The zero-order valence-corrected chi connectivity index (χ0v) is 29.8. The van der Waals surface area contributed by atoms with Crippen LogP contribution in [0.15, 0.2) is 0 Å². The number of phosphoric ester groups is 1. The lowest BCUT2D eigenvalue weighted by atomic mass is 10.0. The molecule has 44 heavy (non-hydrogen) atoms. The van der Waals surface area contributed by atoms with Crippen LogP contribution in [0.4, 0.5) is 0 Å². The highest BCUT2D eigenvalue weighted by atomic mass is 31.2. The van der Waals surface area contributed by atoms with Crippen molar-refractivity contribution >= 4 is 13.7 Å². The van der Waals surface area contributed by atoms with E-state index in [4.69, 9.17) is 14.8 Å². The van der Waals surface area contributed by atoms with Gasteiger partial charge in [-0.25, -0.2) is 4.57 Å². The summed E-state index contributed by atoms with van der Waals surface area (Å²) in [5.74, 6) is -0.161. The Balaban J connectivity index is 4.16. The van der Waals surface area contributed by atoms with Gasteiger partial charge in [-0.05, 0) is 12.8 Å². The molecule has 0 heterocycles. The SMILES string of the molecule is CCCCCCCCCCCCCCCCCCC(=O)NC(COP(=O)(O)OCCN)C(O)CCCCCCCCCCC. The molecule has 0 rings (SSSR count). The van der Waals surface area contributed by atoms with Crippen molar-refractivity contribution in [3.8, 4) is 0 Å². The quantitative estimate of drug-likeness (QED) is 0.0398. The van der Waals surface area contributed by atoms with Gasteiger partial charge in [-0.15, -0.1) is 0 Å². The van der Waals surface area contributed by atoms with Gasteiger partial charge in [0.1, 0.15) is 0 Å². The second-order valence-electron chi connectivity index (χ2n) is 12.8. The van der Waals surface area contributed by atoms with Crippen molar-refractivity contribution in [1.29, 1.82) is 0 Å². The average Bonchev–Trinajstić information content (AvgIpc) is 3.01. The van der Waals surface area contributed by atoms with Gasteiger partial charge in [0.15, 0.2) is 0 Å². The molecule has 5 N–H and O–H groups in total. The van der Waals surface area contributed by atoms with E-state index in [2.05, 4.69) is 19.2 Å². The number of hydrogen-bond acceptors (Lipinski definition) is 6. The molecule has 0 aliphatic rings. The van der Waals surface area contributed by atoms with Gasteiger partial charge in [0, 0.05) is 13.0 Å². The number of nitrogens with two attached hydrogens (primary N) is 1. The van der Waals surface area contributed by atoms with Crippen molar-refractivity contribution in [1.82, 2.24) is 5.32 Å². The number of nitrogens with one attached hydrogen (secondary N) is 1. The minimum Gasteiger partial charge on any atom is -0.391 e. The summed E-state index contributed by atoms with van der Waals surface area (Å²) in [6, 6.07) is -0.764. The lowest BCUT2D eigenvalue weighted by Gasteiger charge is -2.25.